The molecule has 1 nitrogen and oxygen atoms in total. The molecule has 0 aliphatic carbocycles. The molecule has 0 radical (unpaired) electrons. The highest BCUT2D eigenvalue weighted by Crippen LogP contribution is 2.26. The summed E-state index contributed by atoms with van der Waals surface area (Å²) in [6, 6.07) is 15.7. The van der Waals surface area contributed by atoms with Crippen molar-refractivity contribution in [1.82, 2.24) is 0 Å². The molecule has 0 spiro atoms. The number of hydrogen-bond donors (Lipinski definition) is 1. The number of benzene rings is 2. The molecule has 1 N–H and O–H groups in total. The number of aliphatic hydroxyl groups is 1. The second kappa shape index (κ2) is 6.28. The number of aryl methyl sites for hydroxylation is 1. The van der Waals surface area contributed by atoms with Gasteiger partial charge in [-0.15, -0.1) is 11.8 Å². The molecule has 0 amide bonds. The zero-order chi connectivity index (χ0) is 13.0. The van der Waals surface area contributed by atoms with Crippen LogP contribution in [0.5, 0.6) is 0 Å². The van der Waals surface area contributed by atoms with E-state index in [9.17, 15) is 5.11 Å². The van der Waals surface area contributed by atoms with Crippen LogP contribution in [0.3, 0.4) is 0 Å². The van der Waals surface area contributed by atoms with Crippen LogP contribution in [-0.4, -0.2) is 10.9 Å². The fourth-order valence-electron chi connectivity index (χ4n) is 1.62. The van der Waals surface area contributed by atoms with Crippen LogP contribution < -0.4 is 0 Å². The van der Waals surface area contributed by atoms with Crippen molar-refractivity contribution in [3.8, 4) is 0 Å². The van der Waals surface area contributed by atoms with Gasteiger partial charge in [-0.3, -0.25) is 0 Å². The van der Waals surface area contributed by atoms with Crippen molar-refractivity contribution >= 4 is 23.4 Å². The summed E-state index contributed by atoms with van der Waals surface area (Å²) >= 11 is 7.53. The summed E-state index contributed by atoms with van der Waals surface area (Å²) in [5, 5.41) is 10.8. The first-order valence-corrected chi connectivity index (χ1v) is 7.14. The van der Waals surface area contributed by atoms with Gasteiger partial charge in [0.2, 0.25) is 0 Å². The first kappa shape index (κ1) is 13.5. The van der Waals surface area contributed by atoms with E-state index in [1.54, 1.807) is 11.8 Å². The summed E-state index contributed by atoms with van der Waals surface area (Å²) in [5.41, 5.74) is 2.16. The van der Waals surface area contributed by atoms with E-state index >= 15 is 0 Å². The largest absolute Gasteiger partial charge is 0.388 e. The van der Waals surface area contributed by atoms with Crippen molar-refractivity contribution in [3.63, 3.8) is 0 Å². The third-order valence-corrected chi connectivity index (χ3v) is 3.97. The Labute approximate surface area is 117 Å². The minimum atomic E-state index is -0.449. The quantitative estimate of drug-likeness (QED) is 0.833. The predicted molar refractivity (Wildman–Crippen MR) is 78.3 cm³/mol. The Morgan fingerprint density at radius 1 is 1.17 bits per heavy atom. The Bertz CT molecular complexity index is 510. The molecule has 0 aromatic heterocycles. The highest BCUT2D eigenvalue weighted by atomic mass is 35.5. The van der Waals surface area contributed by atoms with Gasteiger partial charge in [0.25, 0.3) is 0 Å². The number of thioether (sulfide) groups is 1. The molecule has 1 unspecified atom stereocenters. The molecule has 2 aromatic carbocycles. The lowest BCUT2D eigenvalue weighted by molar-refractivity contribution is 0.204. The molecule has 0 bridgehead atoms. The molecular formula is C15H15ClOS. The maximum Gasteiger partial charge on any atom is 0.0883 e. The average Bonchev–Trinajstić information content (AvgIpc) is 2.37. The van der Waals surface area contributed by atoms with Gasteiger partial charge in [0.05, 0.1) is 6.10 Å². The third-order valence-electron chi connectivity index (χ3n) is 2.67. The van der Waals surface area contributed by atoms with E-state index in [-0.39, 0.29) is 0 Å². The Morgan fingerprint density at radius 2 is 1.89 bits per heavy atom. The summed E-state index contributed by atoms with van der Waals surface area (Å²) < 4.78 is 0. The van der Waals surface area contributed by atoms with Gasteiger partial charge >= 0.3 is 0 Å². The van der Waals surface area contributed by atoms with Crippen LogP contribution in [0.25, 0.3) is 0 Å². The summed E-state index contributed by atoms with van der Waals surface area (Å²) in [4.78, 5) is 1.08. The lowest BCUT2D eigenvalue weighted by Crippen LogP contribution is -2.00. The Morgan fingerprint density at radius 3 is 2.56 bits per heavy atom. The second-order valence-electron chi connectivity index (χ2n) is 4.19. The first-order chi connectivity index (χ1) is 8.65. The fraction of sp³-hybridized carbons (Fsp3) is 0.200. The van der Waals surface area contributed by atoms with Gasteiger partial charge in [-0.1, -0.05) is 47.5 Å². The molecular weight excluding hydrogens is 264 g/mol. The van der Waals surface area contributed by atoms with Crippen molar-refractivity contribution in [2.24, 2.45) is 0 Å². The van der Waals surface area contributed by atoms with E-state index in [1.807, 2.05) is 55.5 Å². The van der Waals surface area contributed by atoms with Crippen molar-refractivity contribution in [2.45, 2.75) is 17.9 Å². The van der Waals surface area contributed by atoms with Crippen LogP contribution >= 0.6 is 23.4 Å². The van der Waals surface area contributed by atoms with Gasteiger partial charge in [-0.25, -0.2) is 0 Å². The van der Waals surface area contributed by atoms with Crippen LogP contribution in [0.4, 0.5) is 0 Å². The second-order valence-corrected chi connectivity index (χ2v) is 5.72. The smallest absolute Gasteiger partial charge is 0.0883 e. The molecule has 2 aromatic rings. The monoisotopic (exact) mass is 278 g/mol. The van der Waals surface area contributed by atoms with Gasteiger partial charge in [0, 0.05) is 15.7 Å². The molecule has 0 saturated heterocycles. The van der Waals surface area contributed by atoms with Crippen LogP contribution in [-0.2, 0) is 0 Å². The van der Waals surface area contributed by atoms with Gasteiger partial charge < -0.3 is 5.11 Å². The van der Waals surface area contributed by atoms with Crippen molar-refractivity contribution in [1.29, 1.82) is 0 Å². The lowest BCUT2D eigenvalue weighted by Gasteiger charge is -2.11. The van der Waals surface area contributed by atoms with E-state index in [1.165, 1.54) is 5.56 Å². The lowest BCUT2D eigenvalue weighted by atomic mass is 10.1. The minimum Gasteiger partial charge on any atom is -0.388 e. The first-order valence-electron chi connectivity index (χ1n) is 5.78. The number of aliphatic hydroxyl groups excluding tert-OH is 1. The average molecular weight is 279 g/mol. The third kappa shape index (κ3) is 3.77. The van der Waals surface area contributed by atoms with E-state index < -0.39 is 6.10 Å². The molecule has 0 aliphatic heterocycles. The van der Waals surface area contributed by atoms with Gasteiger partial charge in [0.15, 0.2) is 0 Å². The summed E-state index contributed by atoms with van der Waals surface area (Å²) in [6.07, 6.45) is -0.449. The van der Waals surface area contributed by atoms with Gasteiger partial charge in [-0.2, -0.15) is 0 Å². The molecule has 18 heavy (non-hydrogen) atoms. The number of hydrogen-bond acceptors (Lipinski definition) is 2. The van der Waals surface area contributed by atoms with Gasteiger partial charge in [0.1, 0.15) is 0 Å². The topological polar surface area (TPSA) is 20.2 Å². The van der Waals surface area contributed by atoms with Crippen molar-refractivity contribution in [2.75, 3.05) is 5.75 Å². The molecule has 0 fully saturated rings. The highest BCUT2D eigenvalue weighted by Gasteiger charge is 2.07. The molecule has 0 aliphatic rings. The molecule has 0 saturated carbocycles. The Kier molecular flexibility index (Phi) is 4.70. The highest BCUT2D eigenvalue weighted by molar-refractivity contribution is 7.99. The van der Waals surface area contributed by atoms with Crippen LogP contribution in [0.2, 0.25) is 5.02 Å². The van der Waals surface area contributed by atoms with Crippen molar-refractivity contribution < 1.29 is 5.11 Å². The van der Waals surface area contributed by atoms with E-state index in [0.717, 1.165) is 15.5 Å². The van der Waals surface area contributed by atoms with Crippen LogP contribution in [0.15, 0.2) is 53.4 Å². The maximum atomic E-state index is 10.1. The summed E-state index contributed by atoms with van der Waals surface area (Å²) in [5.74, 6) is 0.628. The molecule has 2 rings (SSSR count). The number of rotatable bonds is 4. The van der Waals surface area contributed by atoms with E-state index in [4.69, 9.17) is 11.6 Å². The normalized spacial score (nSPS) is 12.4. The predicted octanol–water partition coefficient (Wildman–Crippen LogP) is 4.47. The van der Waals surface area contributed by atoms with Gasteiger partial charge in [-0.05, 0) is 30.7 Å². The standard InChI is InChI=1S/C15H15ClOS/c1-11-5-7-12(8-6-11)15(17)10-18-14-4-2-3-13(16)9-14/h2-9,15,17H,10H2,1H3. The molecule has 94 valence electrons. The summed E-state index contributed by atoms with van der Waals surface area (Å²) in [6.45, 7) is 2.04. The molecule has 3 heteroatoms. The zero-order valence-corrected chi connectivity index (χ0v) is 11.7. The molecule has 0 heterocycles. The fourth-order valence-corrected chi connectivity index (χ4v) is 2.80. The SMILES string of the molecule is Cc1ccc(C(O)CSc2cccc(Cl)c2)cc1. The summed E-state index contributed by atoms with van der Waals surface area (Å²) in [7, 11) is 0. The van der Waals surface area contributed by atoms with Crippen LogP contribution in [0, 0.1) is 6.92 Å². The molecule has 1 atom stereocenters. The van der Waals surface area contributed by atoms with E-state index in [2.05, 4.69) is 0 Å². The minimum absolute atomic E-state index is 0.449. The number of halogens is 1. The van der Waals surface area contributed by atoms with Crippen LogP contribution in [0.1, 0.15) is 17.2 Å². The van der Waals surface area contributed by atoms with Crippen molar-refractivity contribution in [3.05, 3.63) is 64.7 Å². The Balaban J connectivity index is 1.96. The van der Waals surface area contributed by atoms with E-state index in [0.29, 0.717) is 5.75 Å². The Hall–Kier alpha value is -0.960. The maximum absolute atomic E-state index is 10.1. The zero-order valence-electron chi connectivity index (χ0n) is 10.1.